The molecule has 0 aliphatic carbocycles. The normalized spacial score (nSPS) is 11.2. The lowest BCUT2D eigenvalue weighted by molar-refractivity contribution is -0.118. The highest BCUT2D eigenvalue weighted by Crippen LogP contribution is 2.00. The van der Waals surface area contributed by atoms with Crippen molar-refractivity contribution in [3.8, 4) is 0 Å². The fraction of sp³-hybridized carbons (Fsp3) is 0.900. The van der Waals surface area contributed by atoms with Gasteiger partial charge in [0.1, 0.15) is 0 Å². The van der Waals surface area contributed by atoms with Gasteiger partial charge in [-0.15, -0.1) is 0 Å². The summed E-state index contributed by atoms with van der Waals surface area (Å²) >= 11 is 0. The summed E-state index contributed by atoms with van der Waals surface area (Å²) in [5.74, 6) is 0.521. The van der Waals surface area contributed by atoms with Crippen molar-refractivity contribution in [3.05, 3.63) is 0 Å². The van der Waals surface area contributed by atoms with Crippen molar-refractivity contribution < 1.29 is 4.79 Å². The number of hydrogen-bond acceptors (Lipinski definition) is 2. The van der Waals surface area contributed by atoms with Crippen LogP contribution in [0.4, 0.5) is 0 Å². The number of primary amides is 1. The molecular formula is C10H22N2O. The zero-order valence-electron chi connectivity index (χ0n) is 9.05. The minimum atomic E-state index is -0.188. The van der Waals surface area contributed by atoms with E-state index in [2.05, 4.69) is 25.8 Å². The van der Waals surface area contributed by atoms with Gasteiger partial charge in [-0.2, -0.15) is 0 Å². The molecule has 0 heterocycles. The molecule has 0 fully saturated rings. The van der Waals surface area contributed by atoms with Gasteiger partial charge < -0.3 is 10.6 Å². The molecule has 0 aromatic carbocycles. The Hall–Kier alpha value is -0.570. The molecule has 0 aromatic heterocycles. The van der Waals surface area contributed by atoms with E-state index in [4.69, 9.17) is 5.73 Å². The van der Waals surface area contributed by atoms with E-state index in [1.165, 1.54) is 0 Å². The third-order valence-corrected chi connectivity index (χ3v) is 1.89. The maximum Gasteiger partial charge on any atom is 0.217 e. The van der Waals surface area contributed by atoms with Crippen LogP contribution in [-0.4, -0.2) is 30.9 Å². The van der Waals surface area contributed by atoms with Crippen molar-refractivity contribution in [2.45, 2.75) is 33.1 Å². The van der Waals surface area contributed by atoms with E-state index in [1.807, 2.05) is 0 Å². The minimum Gasteiger partial charge on any atom is -0.370 e. The monoisotopic (exact) mass is 186 g/mol. The summed E-state index contributed by atoms with van der Waals surface area (Å²) in [6, 6.07) is 0. The zero-order valence-corrected chi connectivity index (χ0v) is 9.05. The van der Waals surface area contributed by atoms with Crippen LogP contribution in [0.1, 0.15) is 33.1 Å². The first-order valence-corrected chi connectivity index (χ1v) is 4.99. The largest absolute Gasteiger partial charge is 0.370 e. The molecule has 0 rings (SSSR count). The lowest BCUT2D eigenvalue weighted by Gasteiger charge is -2.18. The van der Waals surface area contributed by atoms with Crippen LogP contribution in [0.3, 0.4) is 0 Å². The first-order valence-electron chi connectivity index (χ1n) is 4.99. The molecule has 0 saturated carbocycles. The SMILES string of the molecule is CC(C)CN(C)CCCCC(N)=O. The summed E-state index contributed by atoms with van der Waals surface area (Å²) in [6.07, 6.45) is 2.50. The number of nitrogens with zero attached hydrogens (tertiary/aromatic N) is 1. The molecule has 0 aliphatic heterocycles. The predicted octanol–water partition coefficient (Wildman–Crippen LogP) is 1.23. The Morgan fingerprint density at radius 3 is 2.46 bits per heavy atom. The van der Waals surface area contributed by atoms with Gasteiger partial charge in [0, 0.05) is 13.0 Å². The molecule has 0 aliphatic rings. The summed E-state index contributed by atoms with van der Waals surface area (Å²) in [7, 11) is 2.12. The molecule has 0 radical (unpaired) electrons. The summed E-state index contributed by atoms with van der Waals surface area (Å²) in [6.45, 7) is 6.60. The maximum atomic E-state index is 10.4. The summed E-state index contributed by atoms with van der Waals surface area (Å²) in [4.78, 5) is 12.7. The smallest absolute Gasteiger partial charge is 0.217 e. The van der Waals surface area contributed by atoms with E-state index in [-0.39, 0.29) is 5.91 Å². The number of nitrogens with two attached hydrogens (primary N) is 1. The quantitative estimate of drug-likeness (QED) is 0.608. The van der Waals surface area contributed by atoms with Crippen LogP contribution < -0.4 is 5.73 Å². The van der Waals surface area contributed by atoms with Crippen LogP contribution in [0.15, 0.2) is 0 Å². The van der Waals surface area contributed by atoms with E-state index in [0.29, 0.717) is 12.3 Å². The average Bonchev–Trinajstić information content (AvgIpc) is 1.96. The Labute approximate surface area is 81.3 Å². The Kier molecular flexibility index (Phi) is 6.59. The van der Waals surface area contributed by atoms with Crippen LogP contribution in [0.25, 0.3) is 0 Å². The molecule has 0 atom stereocenters. The van der Waals surface area contributed by atoms with Crippen LogP contribution in [0.5, 0.6) is 0 Å². The second-order valence-corrected chi connectivity index (χ2v) is 4.08. The number of carbonyl (C=O) groups is 1. The second kappa shape index (κ2) is 6.89. The van der Waals surface area contributed by atoms with Crippen LogP contribution in [-0.2, 0) is 4.79 Å². The molecule has 0 bridgehead atoms. The minimum absolute atomic E-state index is 0.188. The van der Waals surface area contributed by atoms with Gasteiger partial charge >= 0.3 is 0 Å². The summed E-state index contributed by atoms with van der Waals surface area (Å²) in [5, 5.41) is 0. The van der Waals surface area contributed by atoms with E-state index < -0.39 is 0 Å². The van der Waals surface area contributed by atoms with E-state index in [0.717, 1.165) is 25.9 Å². The Morgan fingerprint density at radius 1 is 1.38 bits per heavy atom. The van der Waals surface area contributed by atoms with Crippen molar-refractivity contribution in [3.63, 3.8) is 0 Å². The van der Waals surface area contributed by atoms with Gasteiger partial charge in [-0.1, -0.05) is 13.8 Å². The fourth-order valence-corrected chi connectivity index (χ4v) is 1.40. The first-order chi connectivity index (χ1) is 6.02. The summed E-state index contributed by atoms with van der Waals surface area (Å²) < 4.78 is 0. The standard InChI is InChI=1S/C10H22N2O/c1-9(2)8-12(3)7-5-4-6-10(11)13/h9H,4-8H2,1-3H3,(H2,11,13). The highest BCUT2D eigenvalue weighted by atomic mass is 16.1. The Balaban J connectivity index is 3.26. The Morgan fingerprint density at radius 2 is 2.00 bits per heavy atom. The van der Waals surface area contributed by atoms with Crippen molar-refractivity contribution in [2.24, 2.45) is 11.7 Å². The predicted molar refractivity (Wildman–Crippen MR) is 55.4 cm³/mol. The maximum absolute atomic E-state index is 10.4. The lowest BCUT2D eigenvalue weighted by Crippen LogP contribution is -2.24. The van der Waals surface area contributed by atoms with Crippen LogP contribution in [0.2, 0.25) is 0 Å². The molecule has 3 heteroatoms. The highest BCUT2D eigenvalue weighted by molar-refractivity contribution is 5.73. The molecule has 0 unspecified atom stereocenters. The van der Waals surface area contributed by atoms with Gasteiger partial charge in [-0.05, 0) is 32.4 Å². The molecule has 2 N–H and O–H groups in total. The van der Waals surface area contributed by atoms with Gasteiger partial charge in [0.15, 0.2) is 0 Å². The van der Waals surface area contributed by atoms with Gasteiger partial charge in [0.25, 0.3) is 0 Å². The number of carbonyl (C=O) groups excluding carboxylic acids is 1. The molecule has 13 heavy (non-hydrogen) atoms. The van der Waals surface area contributed by atoms with Gasteiger partial charge in [-0.25, -0.2) is 0 Å². The molecule has 1 amide bonds. The van der Waals surface area contributed by atoms with Crippen molar-refractivity contribution in [1.82, 2.24) is 4.90 Å². The molecular weight excluding hydrogens is 164 g/mol. The first kappa shape index (κ1) is 12.4. The topological polar surface area (TPSA) is 46.3 Å². The Bertz CT molecular complexity index is 146. The molecule has 0 spiro atoms. The van der Waals surface area contributed by atoms with E-state index in [1.54, 1.807) is 0 Å². The number of hydrogen-bond donors (Lipinski definition) is 1. The summed E-state index contributed by atoms with van der Waals surface area (Å²) in [5.41, 5.74) is 5.04. The van der Waals surface area contributed by atoms with Crippen molar-refractivity contribution in [1.29, 1.82) is 0 Å². The third-order valence-electron chi connectivity index (χ3n) is 1.89. The van der Waals surface area contributed by atoms with E-state index in [9.17, 15) is 4.79 Å². The van der Waals surface area contributed by atoms with E-state index >= 15 is 0 Å². The van der Waals surface area contributed by atoms with Crippen LogP contribution in [0, 0.1) is 5.92 Å². The number of rotatable bonds is 7. The van der Waals surface area contributed by atoms with Gasteiger partial charge in [0.2, 0.25) is 5.91 Å². The van der Waals surface area contributed by atoms with Crippen LogP contribution >= 0.6 is 0 Å². The molecule has 78 valence electrons. The molecule has 0 aromatic rings. The second-order valence-electron chi connectivity index (χ2n) is 4.08. The van der Waals surface area contributed by atoms with Crippen molar-refractivity contribution in [2.75, 3.05) is 20.1 Å². The number of unbranched alkanes of at least 4 members (excludes halogenated alkanes) is 1. The molecule has 3 nitrogen and oxygen atoms in total. The average molecular weight is 186 g/mol. The van der Waals surface area contributed by atoms with Gasteiger partial charge in [-0.3, -0.25) is 4.79 Å². The fourth-order valence-electron chi connectivity index (χ4n) is 1.40. The van der Waals surface area contributed by atoms with Gasteiger partial charge in [0.05, 0.1) is 0 Å². The highest BCUT2D eigenvalue weighted by Gasteiger charge is 2.01. The lowest BCUT2D eigenvalue weighted by atomic mass is 10.2. The van der Waals surface area contributed by atoms with Crippen molar-refractivity contribution >= 4 is 5.91 Å². The third kappa shape index (κ3) is 9.34. The number of amides is 1. The zero-order chi connectivity index (χ0) is 10.3. The molecule has 0 saturated heterocycles.